The van der Waals surface area contributed by atoms with Crippen LogP contribution in [0.5, 0.6) is 5.75 Å². The molecule has 2 aromatic carbocycles. The van der Waals surface area contributed by atoms with Crippen molar-refractivity contribution in [1.29, 1.82) is 0 Å². The zero-order chi connectivity index (χ0) is 23.9. The van der Waals surface area contributed by atoms with Gasteiger partial charge in [-0.2, -0.15) is 0 Å². The number of methoxy groups -OCH3 is 1. The van der Waals surface area contributed by atoms with Crippen LogP contribution >= 0.6 is 22.6 Å². The quantitative estimate of drug-likeness (QED) is 0.375. The lowest BCUT2D eigenvalue weighted by Crippen LogP contribution is -2.61. The third kappa shape index (κ3) is 7.40. The average molecular weight is 553 g/mol. The van der Waals surface area contributed by atoms with E-state index < -0.39 is 29.0 Å². The van der Waals surface area contributed by atoms with Crippen LogP contribution in [0.4, 0.5) is 4.79 Å². The van der Waals surface area contributed by atoms with Crippen molar-refractivity contribution < 1.29 is 23.9 Å². The van der Waals surface area contributed by atoms with Crippen LogP contribution in [0, 0.1) is 3.57 Å². The fourth-order valence-electron chi connectivity index (χ4n) is 2.89. The van der Waals surface area contributed by atoms with Gasteiger partial charge in [-0.1, -0.05) is 30.3 Å². The van der Waals surface area contributed by atoms with Gasteiger partial charge in [0.25, 0.3) is 11.8 Å². The number of carbonyl (C=O) groups is 3. The molecule has 2 aromatic rings. The van der Waals surface area contributed by atoms with E-state index in [1.165, 1.54) is 7.11 Å². The summed E-state index contributed by atoms with van der Waals surface area (Å²) in [5.74, 6) is -0.783. The van der Waals surface area contributed by atoms with Gasteiger partial charge in [-0.05, 0) is 74.0 Å². The summed E-state index contributed by atoms with van der Waals surface area (Å²) in [6.07, 6.45) is -0.557. The first-order chi connectivity index (χ1) is 14.9. The molecular weight excluding hydrogens is 525 g/mol. The van der Waals surface area contributed by atoms with Gasteiger partial charge in [-0.3, -0.25) is 20.4 Å². The summed E-state index contributed by atoms with van der Waals surface area (Å²) < 4.78 is 11.4. The van der Waals surface area contributed by atoms with E-state index in [0.717, 1.165) is 9.13 Å². The molecule has 0 unspecified atom stereocenters. The Morgan fingerprint density at radius 1 is 0.969 bits per heavy atom. The third-order valence-corrected chi connectivity index (χ3v) is 5.05. The lowest BCUT2D eigenvalue weighted by molar-refractivity contribution is -0.127. The van der Waals surface area contributed by atoms with Gasteiger partial charge in [0.05, 0.1) is 12.7 Å². The molecule has 32 heavy (non-hydrogen) atoms. The molecule has 0 aliphatic rings. The normalized spacial score (nSPS) is 12.8. The van der Waals surface area contributed by atoms with Gasteiger partial charge < -0.3 is 14.8 Å². The summed E-state index contributed by atoms with van der Waals surface area (Å²) in [7, 11) is 1.46. The standard InChI is InChI=1S/C23H28IN3O5/c1-22(2,3)32-21(30)25-23(4,14-15-9-7-6-8-10-15)20(29)27-26-19(28)17-13-16(24)11-12-18(17)31-5/h6-13H,14H2,1-5H3,(H,25,30)(H,26,28)(H,27,29)/t23-/m1/s1. The predicted octanol–water partition coefficient (Wildman–Crippen LogP) is 3.59. The van der Waals surface area contributed by atoms with Crippen molar-refractivity contribution >= 4 is 40.5 Å². The molecule has 0 aromatic heterocycles. The molecular formula is C23H28IN3O5. The number of hydrazine groups is 1. The van der Waals surface area contributed by atoms with Crippen LogP contribution in [0.15, 0.2) is 48.5 Å². The van der Waals surface area contributed by atoms with Crippen molar-refractivity contribution in [3.63, 3.8) is 0 Å². The highest BCUT2D eigenvalue weighted by Gasteiger charge is 2.37. The van der Waals surface area contributed by atoms with E-state index in [9.17, 15) is 14.4 Å². The highest BCUT2D eigenvalue weighted by atomic mass is 127. The van der Waals surface area contributed by atoms with E-state index in [1.807, 2.05) is 30.3 Å². The molecule has 1 atom stereocenters. The largest absolute Gasteiger partial charge is 0.496 e. The second kappa shape index (κ2) is 10.7. The van der Waals surface area contributed by atoms with Crippen LogP contribution in [-0.4, -0.2) is 36.2 Å². The first kappa shape index (κ1) is 25.4. The maximum Gasteiger partial charge on any atom is 0.408 e. The molecule has 0 heterocycles. The van der Waals surface area contributed by atoms with Crippen LogP contribution in [0.3, 0.4) is 0 Å². The molecule has 0 fully saturated rings. The first-order valence-electron chi connectivity index (χ1n) is 9.93. The molecule has 0 aliphatic carbocycles. The zero-order valence-electron chi connectivity index (χ0n) is 18.7. The summed E-state index contributed by atoms with van der Waals surface area (Å²) in [4.78, 5) is 38.2. The number of ether oxygens (including phenoxy) is 2. The van der Waals surface area contributed by atoms with Crippen LogP contribution in [0.2, 0.25) is 0 Å². The van der Waals surface area contributed by atoms with E-state index in [1.54, 1.807) is 45.9 Å². The van der Waals surface area contributed by atoms with Crippen molar-refractivity contribution in [2.45, 2.75) is 45.3 Å². The number of halogens is 1. The van der Waals surface area contributed by atoms with Crippen molar-refractivity contribution in [1.82, 2.24) is 16.2 Å². The van der Waals surface area contributed by atoms with E-state index in [4.69, 9.17) is 9.47 Å². The minimum Gasteiger partial charge on any atom is -0.496 e. The van der Waals surface area contributed by atoms with Gasteiger partial charge in [0.15, 0.2) is 0 Å². The van der Waals surface area contributed by atoms with E-state index in [-0.39, 0.29) is 12.0 Å². The fourth-order valence-corrected chi connectivity index (χ4v) is 3.38. The lowest BCUT2D eigenvalue weighted by atomic mass is 9.92. The van der Waals surface area contributed by atoms with Crippen LogP contribution < -0.4 is 20.9 Å². The Morgan fingerprint density at radius 3 is 2.22 bits per heavy atom. The molecule has 0 spiro atoms. The highest BCUT2D eigenvalue weighted by molar-refractivity contribution is 14.1. The molecule has 0 saturated heterocycles. The zero-order valence-corrected chi connectivity index (χ0v) is 20.9. The number of nitrogens with one attached hydrogen (secondary N) is 3. The van der Waals surface area contributed by atoms with Crippen molar-refractivity contribution in [3.05, 3.63) is 63.2 Å². The number of rotatable bonds is 6. The van der Waals surface area contributed by atoms with Crippen LogP contribution in [0.25, 0.3) is 0 Å². The number of amides is 3. The smallest absolute Gasteiger partial charge is 0.408 e. The van der Waals surface area contributed by atoms with Crippen LogP contribution in [-0.2, 0) is 16.0 Å². The van der Waals surface area contributed by atoms with Crippen molar-refractivity contribution in [2.75, 3.05) is 7.11 Å². The molecule has 0 aliphatic heterocycles. The van der Waals surface area contributed by atoms with Gasteiger partial charge in [0, 0.05) is 9.99 Å². The van der Waals surface area contributed by atoms with Gasteiger partial charge in [-0.25, -0.2) is 4.79 Å². The van der Waals surface area contributed by atoms with Crippen molar-refractivity contribution in [3.8, 4) is 5.75 Å². The number of hydrogen-bond donors (Lipinski definition) is 3. The van der Waals surface area contributed by atoms with E-state index >= 15 is 0 Å². The average Bonchev–Trinajstić information content (AvgIpc) is 2.70. The van der Waals surface area contributed by atoms with E-state index in [0.29, 0.717) is 5.75 Å². The van der Waals surface area contributed by atoms with Gasteiger partial charge in [0.2, 0.25) is 0 Å². The second-order valence-corrected chi connectivity index (χ2v) is 9.62. The first-order valence-corrected chi connectivity index (χ1v) is 11.0. The molecule has 3 amide bonds. The number of benzene rings is 2. The number of alkyl carbamates (subject to hydrolysis) is 1. The Bertz CT molecular complexity index is 975. The molecule has 0 saturated carbocycles. The number of carbonyl (C=O) groups excluding carboxylic acids is 3. The maximum absolute atomic E-state index is 13.1. The molecule has 8 nitrogen and oxygen atoms in total. The SMILES string of the molecule is COc1ccc(I)cc1C(=O)NNC(=O)[C@@](C)(Cc1ccccc1)NC(=O)OC(C)(C)C. The summed E-state index contributed by atoms with van der Waals surface area (Å²) in [5.41, 5.74) is 3.78. The number of hydrogen-bond acceptors (Lipinski definition) is 5. The molecule has 2 rings (SSSR count). The van der Waals surface area contributed by atoms with Crippen LogP contribution in [0.1, 0.15) is 43.6 Å². The van der Waals surface area contributed by atoms with Gasteiger partial charge >= 0.3 is 6.09 Å². The maximum atomic E-state index is 13.1. The van der Waals surface area contributed by atoms with Gasteiger partial charge in [-0.15, -0.1) is 0 Å². The fraction of sp³-hybridized carbons (Fsp3) is 0.348. The lowest BCUT2D eigenvalue weighted by Gasteiger charge is -2.31. The third-order valence-electron chi connectivity index (χ3n) is 4.37. The molecule has 0 bridgehead atoms. The van der Waals surface area contributed by atoms with E-state index in [2.05, 4.69) is 38.8 Å². The summed E-state index contributed by atoms with van der Waals surface area (Å²) >= 11 is 2.08. The Hall–Kier alpha value is -2.82. The molecule has 3 N–H and O–H groups in total. The molecule has 172 valence electrons. The summed E-state index contributed by atoms with van der Waals surface area (Å²) in [6.45, 7) is 6.76. The Balaban J connectivity index is 2.19. The molecule has 0 radical (unpaired) electrons. The Labute approximate surface area is 201 Å². The molecule has 9 heteroatoms. The minimum absolute atomic E-state index is 0.182. The Kier molecular flexibility index (Phi) is 8.48. The minimum atomic E-state index is -1.40. The highest BCUT2D eigenvalue weighted by Crippen LogP contribution is 2.21. The second-order valence-electron chi connectivity index (χ2n) is 8.37. The summed E-state index contributed by atoms with van der Waals surface area (Å²) in [5, 5.41) is 2.64. The monoisotopic (exact) mass is 553 g/mol. The summed E-state index contributed by atoms with van der Waals surface area (Å²) in [6, 6.07) is 14.3. The van der Waals surface area contributed by atoms with Crippen molar-refractivity contribution in [2.24, 2.45) is 0 Å². The Morgan fingerprint density at radius 2 is 1.62 bits per heavy atom. The predicted molar refractivity (Wildman–Crippen MR) is 129 cm³/mol. The topological polar surface area (TPSA) is 106 Å². The van der Waals surface area contributed by atoms with Gasteiger partial charge in [0.1, 0.15) is 16.9 Å².